The van der Waals surface area contributed by atoms with Crippen molar-refractivity contribution in [1.82, 2.24) is 0 Å². The average Bonchev–Trinajstić information content (AvgIpc) is 2.62. The second-order valence-corrected chi connectivity index (χ2v) is 5.91. The Labute approximate surface area is 146 Å². The topological polar surface area (TPSA) is 18.5 Å². The average molecular weight is 324 g/mol. The SMILES string of the molecule is C=CCCCCCCOc1cccc(Oc2ccc(CC)cc2)c1. The van der Waals surface area contributed by atoms with Gasteiger partial charge in [-0.25, -0.2) is 0 Å². The van der Waals surface area contributed by atoms with Crippen LogP contribution in [0.3, 0.4) is 0 Å². The summed E-state index contributed by atoms with van der Waals surface area (Å²) in [5.41, 5.74) is 1.31. The number of rotatable bonds is 11. The van der Waals surface area contributed by atoms with E-state index in [0.29, 0.717) is 0 Å². The molecule has 0 aromatic heterocycles. The van der Waals surface area contributed by atoms with Gasteiger partial charge >= 0.3 is 0 Å². The van der Waals surface area contributed by atoms with Crippen molar-refractivity contribution in [1.29, 1.82) is 0 Å². The molecule has 0 aliphatic carbocycles. The Balaban J connectivity index is 1.77. The van der Waals surface area contributed by atoms with Crippen LogP contribution in [0, 0.1) is 0 Å². The molecular formula is C22H28O2. The lowest BCUT2D eigenvalue weighted by Gasteiger charge is -2.10. The van der Waals surface area contributed by atoms with E-state index in [1.165, 1.54) is 24.8 Å². The molecule has 0 radical (unpaired) electrons. The summed E-state index contributed by atoms with van der Waals surface area (Å²) in [6.07, 6.45) is 8.89. The van der Waals surface area contributed by atoms with Crippen molar-refractivity contribution in [3.05, 3.63) is 66.7 Å². The maximum Gasteiger partial charge on any atom is 0.131 e. The molecule has 2 heteroatoms. The molecule has 0 aliphatic heterocycles. The molecule has 2 aromatic rings. The molecule has 0 saturated carbocycles. The van der Waals surface area contributed by atoms with Crippen LogP contribution in [-0.2, 0) is 6.42 Å². The smallest absolute Gasteiger partial charge is 0.131 e. The molecule has 0 bridgehead atoms. The first-order chi connectivity index (χ1) is 11.8. The third-order valence-electron chi connectivity index (χ3n) is 3.94. The molecule has 2 nitrogen and oxygen atoms in total. The summed E-state index contributed by atoms with van der Waals surface area (Å²) in [4.78, 5) is 0. The lowest BCUT2D eigenvalue weighted by molar-refractivity contribution is 0.303. The van der Waals surface area contributed by atoms with E-state index >= 15 is 0 Å². The largest absolute Gasteiger partial charge is 0.493 e. The van der Waals surface area contributed by atoms with Crippen LogP contribution < -0.4 is 9.47 Å². The van der Waals surface area contributed by atoms with E-state index in [1.807, 2.05) is 42.5 Å². The first-order valence-corrected chi connectivity index (χ1v) is 8.92. The second-order valence-electron chi connectivity index (χ2n) is 5.91. The highest BCUT2D eigenvalue weighted by molar-refractivity contribution is 5.37. The minimum atomic E-state index is 0.753. The van der Waals surface area contributed by atoms with Crippen molar-refractivity contribution in [2.75, 3.05) is 6.61 Å². The highest BCUT2D eigenvalue weighted by Gasteiger charge is 2.01. The molecule has 0 fully saturated rings. The quantitative estimate of drug-likeness (QED) is 0.344. The van der Waals surface area contributed by atoms with Crippen LogP contribution in [0.5, 0.6) is 17.2 Å². The Kier molecular flexibility index (Phi) is 7.96. The molecule has 0 heterocycles. The second kappa shape index (κ2) is 10.5. The Morgan fingerprint density at radius 3 is 2.38 bits per heavy atom. The Morgan fingerprint density at radius 2 is 1.62 bits per heavy atom. The molecule has 0 aliphatic rings. The van der Waals surface area contributed by atoms with Gasteiger partial charge in [0.1, 0.15) is 17.2 Å². The summed E-state index contributed by atoms with van der Waals surface area (Å²) in [5.74, 6) is 2.53. The molecule has 0 saturated heterocycles. The van der Waals surface area contributed by atoms with Crippen molar-refractivity contribution in [3.8, 4) is 17.2 Å². The maximum absolute atomic E-state index is 5.90. The Bertz CT molecular complexity index is 602. The van der Waals surface area contributed by atoms with Crippen LogP contribution >= 0.6 is 0 Å². The van der Waals surface area contributed by atoms with Gasteiger partial charge in [0.25, 0.3) is 0 Å². The van der Waals surface area contributed by atoms with E-state index in [9.17, 15) is 0 Å². The number of unbranched alkanes of at least 4 members (excludes halogenated alkanes) is 4. The first-order valence-electron chi connectivity index (χ1n) is 8.92. The fourth-order valence-electron chi connectivity index (χ4n) is 2.49. The number of hydrogen-bond acceptors (Lipinski definition) is 2. The summed E-state index contributed by atoms with van der Waals surface area (Å²) >= 11 is 0. The third kappa shape index (κ3) is 6.49. The van der Waals surface area contributed by atoms with E-state index in [0.717, 1.165) is 43.1 Å². The number of benzene rings is 2. The number of ether oxygens (including phenoxy) is 2. The molecule has 2 rings (SSSR count). The van der Waals surface area contributed by atoms with Gasteiger partial charge in [-0.1, -0.05) is 44.0 Å². The molecule has 128 valence electrons. The fourth-order valence-corrected chi connectivity index (χ4v) is 2.49. The normalized spacial score (nSPS) is 10.4. The Hall–Kier alpha value is -2.22. The van der Waals surface area contributed by atoms with Crippen molar-refractivity contribution >= 4 is 0 Å². The predicted octanol–water partition coefficient (Wildman–Crippen LogP) is 6.56. The molecule has 0 amide bonds. The van der Waals surface area contributed by atoms with Gasteiger partial charge in [-0.05, 0) is 55.5 Å². The van der Waals surface area contributed by atoms with Gasteiger partial charge in [0, 0.05) is 6.07 Å². The summed E-state index contributed by atoms with van der Waals surface area (Å²) in [7, 11) is 0. The lowest BCUT2D eigenvalue weighted by atomic mass is 10.1. The predicted molar refractivity (Wildman–Crippen MR) is 101 cm³/mol. The van der Waals surface area contributed by atoms with Gasteiger partial charge in [0.05, 0.1) is 6.61 Å². The minimum absolute atomic E-state index is 0.753. The molecule has 2 aromatic carbocycles. The van der Waals surface area contributed by atoms with Gasteiger partial charge in [-0.3, -0.25) is 0 Å². The van der Waals surface area contributed by atoms with Crippen molar-refractivity contribution in [3.63, 3.8) is 0 Å². The van der Waals surface area contributed by atoms with Gasteiger partial charge < -0.3 is 9.47 Å². The van der Waals surface area contributed by atoms with Crippen LogP contribution in [0.1, 0.15) is 44.6 Å². The summed E-state index contributed by atoms with van der Waals surface area (Å²) < 4.78 is 11.7. The molecule has 0 unspecified atom stereocenters. The van der Waals surface area contributed by atoms with Gasteiger partial charge in [0.2, 0.25) is 0 Å². The maximum atomic E-state index is 5.90. The van der Waals surface area contributed by atoms with Gasteiger partial charge in [0.15, 0.2) is 0 Å². The van der Waals surface area contributed by atoms with Gasteiger partial charge in [-0.2, -0.15) is 0 Å². The van der Waals surface area contributed by atoms with Gasteiger partial charge in [-0.15, -0.1) is 6.58 Å². The van der Waals surface area contributed by atoms with E-state index < -0.39 is 0 Å². The minimum Gasteiger partial charge on any atom is -0.493 e. The number of hydrogen-bond donors (Lipinski definition) is 0. The zero-order valence-electron chi connectivity index (χ0n) is 14.7. The van der Waals surface area contributed by atoms with Crippen LogP contribution in [0.25, 0.3) is 0 Å². The zero-order valence-corrected chi connectivity index (χ0v) is 14.7. The molecule has 0 atom stereocenters. The van der Waals surface area contributed by atoms with E-state index in [2.05, 4.69) is 25.6 Å². The van der Waals surface area contributed by atoms with Crippen LogP contribution in [-0.4, -0.2) is 6.61 Å². The van der Waals surface area contributed by atoms with Crippen molar-refractivity contribution in [2.45, 2.75) is 45.4 Å². The van der Waals surface area contributed by atoms with E-state index in [1.54, 1.807) is 0 Å². The van der Waals surface area contributed by atoms with Crippen LogP contribution in [0.15, 0.2) is 61.2 Å². The first kappa shape index (κ1) is 18.1. The van der Waals surface area contributed by atoms with Crippen molar-refractivity contribution < 1.29 is 9.47 Å². The van der Waals surface area contributed by atoms with Crippen molar-refractivity contribution in [2.24, 2.45) is 0 Å². The molecule has 24 heavy (non-hydrogen) atoms. The van der Waals surface area contributed by atoms with Crippen LogP contribution in [0.4, 0.5) is 0 Å². The van der Waals surface area contributed by atoms with E-state index in [4.69, 9.17) is 9.47 Å². The summed E-state index contributed by atoms with van der Waals surface area (Å²) in [6.45, 7) is 6.65. The lowest BCUT2D eigenvalue weighted by Crippen LogP contribution is -1.97. The Morgan fingerprint density at radius 1 is 0.875 bits per heavy atom. The van der Waals surface area contributed by atoms with E-state index in [-0.39, 0.29) is 0 Å². The number of aryl methyl sites for hydroxylation is 1. The van der Waals surface area contributed by atoms with Crippen LogP contribution in [0.2, 0.25) is 0 Å². The standard InChI is InChI=1S/C22H28O2/c1-3-5-6-7-8-9-17-23-21-11-10-12-22(18-21)24-20-15-13-19(4-2)14-16-20/h3,10-16,18H,1,4-9,17H2,2H3. The third-order valence-corrected chi connectivity index (χ3v) is 3.94. The highest BCUT2D eigenvalue weighted by atomic mass is 16.5. The molecular weight excluding hydrogens is 296 g/mol. The summed E-state index contributed by atoms with van der Waals surface area (Å²) in [6, 6.07) is 16.1. The summed E-state index contributed by atoms with van der Waals surface area (Å²) in [5, 5.41) is 0. The zero-order chi connectivity index (χ0) is 17.0. The number of allylic oxidation sites excluding steroid dienone is 1. The molecule has 0 N–H and O–H groups in total. The molecule has 0 spiro atoms. The highest BCUT2D eigenvalue weighted by Crippen LogP contribution is 2.25. The monoisotopic (exact) mass is 324 g/mol. The fraction of sp³-hybridized carbons (Fsp3) is 0.364.